The molecule has 0 bridgehead atoms. The molecule has 0 aliphatic rings. The number of carbonyl (C=O) groups excluding carboxylic acids is 1. The molecule has 27 heavy (non-hydrogen) atoms. The van der Waals surface area contributed by atoms with Crippen LogP contribution in [0.3, 0.4) is 0 Å². The number of fused-ring (bicyclic) bond motifs is 1. The number of nitrogens with one attached hydrogen (secondary N) is 1. The van der Waals surface area contributed by atoms with Crippen LogP contribution in [0.5, 0.6) is 0 Å². The van der Waals surface area contributed by atoms with Gasteiger partial charge < -0.3 is 9.88 Å². The molecule has 0 spiro atoms. The van der Waals surface area contributed by atoms with Gasteiger partial charge in [0.2, 0.25) is 0 Å². The minimum absolute atomic E-state index is 0.251. The van der Waals surface area contributed by atoms with Crippen LogP contribution < -0.4 is 5.32 Å². The van der Waals surface area contributed by atoms with Gasteiger partial charge in [0.1, 0.15) is 5.82 Å². The molecular weight excluding hydrogens is 340 g/mol. The number of aryl methyl sites for hydroxylation is 1. The number of amides is 1. The van der Waals surface area contributed by atoms with E-state index >= 15 is 0 Å². The number of aromatic nitrogens is 5. The molecule has 1 N–H and O–H groups in total. The van der Waals surface area contributed by atoms with Crippen molar-refractivity contribution in [3.63, 3.8) is 0 Å². The fourth-order valence-electron chi connectivity index (χ4n) is 3.07. The van der Waals surface area contributed by atoms with Crippen LogP contribution in [-0.4, -0.2) is 30.5 Å². The fourth-order valence-corrected chi connectivity index (χ4v) is 3.07. The molecule has 0 aliphatic heterocycles. The van der Waals surface area contributed by atoms with E-state index in [0.29, 0.717) is 18.8 Å². The first-order valence-electron chi connectivity index (χ1n) is 8.76. The number of para-hydroxylation sites is 2. The van der Waals surface area contributed by atoms with Gasteiger partial charge in [0, 0.05) is 7.05 Å². The highest BCUT2D eigenvalue weighted by Crippen LogP contribution is 2.14. The van der Waals surface area contributed by atoms with Crippen molar-refractivity contribution < 1.29 is 4.79 Å². The van der Waals surface area contributed by atoms with E-state index in [1.165, 1.54) is 0 Å². The van der Waals surface area contributed by atoms with Crippen molar-refractivity contribution in [2.75, 3.05) is 0 Å². The molecule has 2 aromatic carbocycles. The van der Waals surface area contributed by atoms with Crippen LogP contribution in [0.15, 0.2) is 54.6 Å². The molecule has 136 valence electrons. The molecule has 7 heteroatoms. The average molecular weight is 360 g/mol. The Bertz CT molecular complexity index is 1100. The Labute approximate surface area is 156 Å². The maximum Gasteiger partial charge on any atom is 0.274 e. The summed E-state index contributed by atoms with van der Waals surface area (Å²) in [5.41, 5.74) is 4.13. The van der Waals surface area contributed by atoms with Crippen molar-refractivity contribution in [2.45, 2.75) is 20.0 Å². The molecule has 0 radical (unpaired) electrons. The van der Waals surface area contributed by atoms with Crippen LogP contribution in [0.2, 0.25) is 0 Å². The highest BCUT2D eigenvalue weighted by atomic mass is 16.2. The van der Waals surface area contributed by atoms with Crippen LogP contribution in [-0.2, 0) is 20.1 Å². The van der Waals surface area contributed by atoms with E-state index < -0.39 is 0 Å². The van der Waals surface area contributed by atoms with Gasteiger partial charge in [-0.2, -0.15) is 0 Å². The van der Waals surface area contributed by atoms with E-state index in [2.05, 4.69) is 20.6 Å². The third-order valence-electron chi connectivity index (χ3n) is 4.66. The maximum absolute atomic E-state index is 12.6. The second-order valence-corrected chi connectivity index (χ2v) is 6.43. The van der Waals surface area contributed by atoms with E-state index in [1.54, 1.807) is 4.68 Å². The van der Waals surface area contributed by atoms with Crippen LogP contribution in [0.1, 0.15) is 27.6 Å². The highest BCUT2D eigenvalue weighted by Gasteiger charge is 2.17. The Balaban J connectivity index is 1.47. The van der Waals surface area contributed by atoms with Crippen molar-refractivity contribution in [1.82, 2.24) is 29.9 Å². The molecule has 2 aromatic heterocycles. The normalized spacial score (nSPS) is 11.0. The first kappa shape index (κ1) is 17.0. The SMILES string of the molecule is Cc1c(C(=O)NCc2nc3ccccc3n2C)nnn1Cc1ccccc1. The second kappa shape index (κ2) is 7.03. The number of nitrogens with zero attached hydrogens (tertiary/aromatic N) is 5. The highest BCUT2D eigenvalue weighted by molar-refractivity contribution is 5.93. The zero-order valence-electron chi connectivity index (χ0n) is 15.3. The molecule has 4 rings (SSSR count). The standard InChI is InChI=1S/C20H20N6O/c1-14-19(23-24-26(14)13-15-8-4-3-5-9-15)20(27)21-12-18-22-16-10-6-7-11-17(16)25(18)2/h3-11H,12-13H2,1-2H3,(H,21,27). The number of hydrogen-bond donors (Lipinski definition) is 1. The molecule has 2 heterocycles. The predicted octanol–water partition coefficient (Wildman–Crippen LogP) is 2.45. The van der Waals surface area contributed by atoms with E-state index in [4.69, 9.17) is 0 Å². The molecule has 7 nitrogen and oxygen atoms in total. The smallest absolute Gasteiger partial charge is 0.274 e. The number of benzene rings is 2. The van der Waals surface area contributed by atoms with Crippen LogP contribution in [0, 0.1) is 6.92 Å². The molecule has 4 aromatic rings. The first-order chi connectivity index (χ1) is 13.1. The van der Waals surface area contributed by atoms with E-state index in [0.717, 1.165) is 28.1 Å². The fraction of sp³-hybridized carbons (Fsp3) is 0.200. The summed E-state index contributed by atoms with van der Waals surface area (Å²) in [5.74, 6) is 0.540. The minimum atomic E-state index is -0.251. The number of hydrogen-bond acceptors (Lipinski definition) is 4. The number of carbonyl (C=O) groups is 1. The van der Waals surface area contributed by atoms with Crippen molar-refractivity contribution in [1.29, 1.82) is 0 Å². The van der Waals surface area contributed by atoms with Gasteiger partial charge in [-0.1, -0.05) is 47.7 Å². The Kier molecular flexibility index (Phi) is 4.42. The molecule has 0 saturated carbocycles. The van der Waals surface area contributed by atoms with Gasteiger partial charge in [-0.3, -0.25) is 4.79 Å². The van der Waals surface area contributed by atoms with Crippen LogP contribution in [0.4, 0.5) is 0 Å². The first-order valence-corrected chi connectivity index (χ1v) is 8.76. The summed E-state index contributed by atoms with van der Waals surface area (Å²) >= 11 is 0. The molecule has 0 atom stereocenters. The van der Waals surface area contributed by atoms with Gasteiger partial charge in [0.25, 0.3) is 5.91 Å². The third-order valence-corrected chi connectivity index (χ3v) is 4.66. The predicted molar refractivity (Wildman–Crippen MR) is 102 cm³/mol. The van der Waals surface area contributed by atoms with Gasteiger partial charge in [0.15, 0.2) is 5.69 Å². The average Bonchev–Trinajstić information content (AvgIpc) is 3.21. The molecule has 0 aliphatic carbocycles. The quantitative estimate of drug-likeness (QED) is 0.593. The summed E-state index contributed by atoms with van der Waals surface area (Å²) < 4.78 is 3.72. The second-order valence-electron chi connectivity index (χ2n) is 6.43. The lowest BCUT2D eigenvalue weighted by Crippen LogP contribution is -2.25. The zero-order chi connectivity index (χ0) is 18.8. The summed E-state index contributed by atoms with van der Waals surface area (Å²) in [6.07, 6.45) is 0. The monoisotopic (exact) mass is 360 g/mol. The van der Waals surface area contributed by atoms with E-state index in [1.807, 2.05) is 73.1 Å². The van der Waals surface area contributed by atoms with E-state index in [9.17, 15) is 4.79 Å². The van der Waals surface area contributed by atoms with Gasteiger partial charge in [-0.05, 0) is 24.6 Å². The lowest BCUT2D eigenvalue weighted by Gasteiger charge is -2.06. The Morgan fingerprint density at radius 1 is 1.07 bits per heavy atom. The minimum Gasteiger partial charge on any atom is -0.343 e. The van der Waals surface area contributed by atoms with Crippen LogP contribution >= 0.6 is 0 Å². The number of imidazole rings is 1. The summed E-state index contributed by atoms with van der Waals surface area (Å²) in [7, 11) is 1.94. The molecule has 0 unspecified atom stereocenters. The topological polar surface area (TPSA) is 77.6 Å². The summed E-state index contributed by atoms with van der Waals surface area (Å²) in [5, 5.41) is 11.1. The van der Waals surface area contributed by atoms with Crippen molar-refractivity contribution in [3.05, 3.63) is 77.4 Å². The third kappa shape index (κ3) is 3.31. The van der Waals surface area contributed by atoms with Gasteiger partial charge >= 0.3 is 0 Å². The van der Waals surface area contributed by atoms with Crippen molar-refractivity contribution >= 4 is 16.9 Å². The summed E-state index contributed by atoms with van der Waals surface area (Å²) in [4.78, 5) is 17.1. The Hall–Kier alpha value is -3.48. The molecule has 1 amide bonds. The van der Waals surface area contributed by atoms with Crippen LogP contribution in [0.25, 0.3) is 11.0 Å². The van der Waals surface area contributed by atoms with Gasteiger partial charge in [-0.15, -0.1) is 5.10 Å². The van der Waals surface area contributed by atoms with E-state index in [-0.39, 0.29) is 5.91 Å². The Morgan fingerprint density at radius 2 is 1.81 bits per heavy atom. The maximum atomic E-state index is 12.6. The van der Waals surface area contributed by atoms with Gasteiger partial charge in [0.05, 0.1) is 29.8 Å². The van der Waals surface area contributed by atoms with Crippen molar-refractivity contribution in [3.8, 4) is 0 Å². The lowest BCUT2D eigenvalue weighted by molar-refractivity contribution is 0.0944. The zero-order valence-corrected chi connectivity index (χ0v) is 15.3. The molecular formula is C20H20N6O. The van der Waals surface area contributed by atoms with Crippen molar-refractivity contribution in [2.24, 2.45) is 7.05 Å². The summed E-state index contributed by atoms with van der Waals surface area (Å²) in [6, 6.07) is 17.9. The number of rotatable bonds is 5. The molecule has 0 fully saturated rings. The molecule has 0 saturated heterocycles. The largest absolute Gasteiger partial charge is 0.343 e. The summed E-state index contributed by atoms with van der Waals surface area (Å²) in [6.45, 7) is 2.76. The Morgan fingerprint density at radius 3 is 2.59 bits per heavy atom. The lowest BCUT2D eigenvalue weighted by atomic mass is 10.2. The van der Waals surface area contributed by atoms with Gasteiger partial charge in [-0.25, -0.2) is 9.67 Å².